The molecule has 0 bridgehead atoms. The number of halogens is 2. The van der Waals surface area contributed by atoms with E-state index in [2.05, 4.69) is 46.4 Å². The van der Waals surface area contributed by atoms with Crippen molar-refractivity contribution in [1.82, 2.24) is 0 Å². The van der Waals surface area contributed by atoms with E-state index in [0.29, 0.717) is 12.1 Å². The molecule has 0 aromatic heterocycles. The third-order valence-electron chi connectivity index (χ3n) is 2.90. The Hall–Kier alpha value is -1.35. The molecular formula is C15H15BrFN. The van der Waals surface area contributed by atoms with Crippen molar-refractivity contribution in [3.63, 3.8) is 0 Å². The quantitative estimate of drug-likeness (QED) is 0.857. The zero-order valence-corrected chi connectivity index (χ0v) is 12.0. The Bertz CT molecular complexity index is 515. The van der Waals surface area contributed by atoms with Gasteiger partial charge in [-0.25, -0.2) is 4.39 Å². The Kier molecular flexibility index (Phi) is 4.02. The van der Waals surface area contributed by atoms with Crippen molar-refractivity contribution in [2.45, 2.75) is 20.4 Å². The molecule has 0 aliphatic heterocycles. The summed E-state index contributed by atoms with van der Waals surface area (Å²) in [6.07, 6.45) is 0. The maximum absolute atomic E-state index is 13.4. The lowest BCUT2D eigenvalue weighted by molar-refractivity contribution is 0.619. The smallest absolute Gasteiger partial charge is 0.128 e. The number of nitrogens with one attached hydrogen (secondary N) is 1. The molecule has 0 heterocycles. The lowest BCUT2D eigenvalue weighted by atomic mass is 10.1. The van der Waals surface area contributed by atoms with Crippen molar-refractivity contribution >= 4 is 21.6 Å². The summed E-state index contributed by atoms with van der Waals surface area (Å²) in [5.74, 6) is -0.176. The van der Waals surface area contributed by atoms with Crippen LogP contribution in [0, 0.1) is 19.7 Å². The normalized spacial score (nSPS) is 10.4. The number of aryl methyl sites for hydroxylation is 2. The van der Waals surface area contributed by atoms with Gasteiger partial charge < -0.3 is 5.32 Å². The van der Waals surface area contributed by atoms with E-state index in [0.717, 1.165) is 15.7 Å². The van der Waals surface area contributed by atoms with Gasteiger partial charge in [0.1, 0.15) is 5.82 Å². The third kappa shape index (κ3) is 3.10. The highest BCUT2D eigenvalue weighted by atomic mass is 79.9. The SMILES string of the molecule is Cc1ccc(NCc2ccc(C)c(Br)c2)cc1F. The first-order chi connectivity index (χ1) is 8.56. The summed E-state index contributed by atoms with van der Waals surface area (Å²) in [4.78, 5) is 0. The highest BCUT2D eigenvalue weighted by Crippen LogP contribution is 2.19. The molecule has 1 N–H and O–H groups in total. The van der Waals surface area contributed by atoms with Gasteiger partial charge >= 0.3 is 0 Å². The number of benzene rings is 2. The van der Waals surface area contributed by atoms with Gasteiger partial charge in [0.2, 0.25) is 0 Å². The van der Waals surface area contributed by atoms with E-state index in [-0.39, 0.29) is 5.82 Å². The number of anilines is 1. The average Bonchev–Trinajstić information content (AvgIpc) is 2.35. The van der Waals surface area contributed by atoms with Crippen LogP contribution in [0.4, 0.5) is 10.1 Å². The van der Waals surface area contributed by atoms with Crippen LogP contribution in [0.5, 0.6) is 0 Å². The van der Waals surface area contributed by atoms with E-state index in [9.17, 15) is 4.39 Å². The summed E-state index contributed by atoms with van der Waals surface area (Å²) in [5, 5.41) is 3.21. The van der Waals surface area contributed by atoms with Gasteiger partial charge in [0.25, 0.3) is 0 Å². The monoisotopic (exact) mass is 307 g/mol. The fourth-order valence-electron chi connectivity index (χ4n) is 1.65. The van der Waals surface area contributed by atoms with Crippen LogP contribution < -0.4 is 5.32 Å². The minimum absolute atomic E-state index is 0.176. The molecule has 0 amide bonds. The van der Waals surface area contributed by atoms with E-state index < -0.39 is 0 Å². The lowest BCUT2D eigenvalue weighted by Gasteiger charge is -2.08. The Morgan fingerprint density at radius 3 is 2.44 bits per heavy atom. The van der Waals surface area contributed by atoms with Crippen LogP contribution in [0.3, 0.4) is 0 Å². The molecule has 0 unspecified atom stereocenters. The van der Waals surface area contributed by atoms with E-state index >= 15 is 0 Å². The van der Waals surface area contributed by atoms with Gasteiger partial charge in [0, 0.05) is 16.7 Å². The summed E-state index contributed by atoms with van der Waals surface area (Å²) >= 11 is 3.51. The third-order valence-corrected chi connectivity index (χ3v) is 3.76. The predicted octanol–water partition coefficient (Wildman–Crippen LogP) is 4.82. The van der Waals surface area contributed by atoms with Crippen molar-refractivity contribution in [2.75, 3.05) is 5.32 Å². The molecule has 0 saturated carbocycles. The molecule has 0 saturated heterocycles. The topological polar surface area (TPSA) is 12.0 Å². The largest absolute Gasteiger partial charge is 0.381 e. The summed E-state index contributed by atoms with van der Waals surface area (Å²) in [5.41, 5.74) is 3.84. The van der Waals surface area contributed by atoms with E-state index in [1.165, 1.54) is 11.6 Å². The molecule has 0 aliphatic carbocycles. The van der Waals surface area contributed by atoms with E-state index in [4.69, 9.17) is 0 Å². The number of hydrogen-bond donors (Lipinski definition) is 1. The van der Waals surface area contributed by atoms with Gasteiger partial charge in [-0.1, -0.05) is 34.1 Å². The second-order valence-electron chi connectivity index (χ2n) is 4.40. The Morgan fingerprint density at radius 1 is 1.06 bits per heavy atom. The first kappa shape index (κ1) is 13.1. The second-order valence-corrected chi connectivity index (χ2v) is 5.26. The number of rotatable bonds is 3. The predicted molar refractivity (Wildman–Crippen MR) is 77.3 cm³/mol. The molecule has 2 aromatic carbocycles. The lowest BCUT2D eigenvalue weighted by Crippen LogP contribution is -2.00. The van der Waals surface area contributed by atoms with Crippen LogP contribution >= 0.6 is 15.9 Å². The zero-order chi connectivity index (χ0) is 13.1. The standard InChI is InChI=1S/C15H15BrFN/c1-10-3-5-12(7-14(10)16)9-18-13-6-4-11(2)15(17)8-13/h3-8,18H,9H2,1-2H3. The van der Waals surface area contributed by atoms with Gasteiger partial charge in [0.05, 0.1) is 0 Å². The van der Waals surface area contributed by atoms with Crippen LogP contribution in [0.25, 0.3) is 0 Å². The summed E-state index contributed by atoms with van der Waals surface area (Å²) in [7, 11) is 0. The van der Waals surface area contributed by atoms with Crippen molar-refractivity contribution in [2.24, 2.45) is 0 Å². The maximum Gasteiger partial charge on any atom is 0.128 e. The summed E-state index contributed by atoms with van der Waals surface area (Å²) in [6, 6.07) is 11.4. The van der Waals surface area contributed by atoms with Crippen LogP contribution in [-0.4, -0.2) is 0 Å². The highest BCUT2D eigenvalue weighted by Gasteiger charge is 2.00. The van der Waals surface area contributed by atoms with Crippen LogP contribution in [-0.2, 0) is 6.54 Å². The van der Waals surface area contributed by atoms with E-state index in [1.54, 1.807) is 13.0 Å². The second kappa shape index (κ2) is 5.53. The molecule has 1 nitrogen and oxygen atoms in total. The minimum atomic E-state index is -0.176. The molecular weight excluding hydrogens is 293 g/mol. The highest BCUT2D eigenvalue weighted by molar-refractivity contribution is 9.10. The minimum Gasteiger partial charge on any atom is -0.381 e. The first-order valence-electron chi connectivity index (χ1n) is 5.81. The fraction of sp³-hybridized carbons (Fsp3) is 0.200. The Labute approximate surface area is 115 Å². The van der Waals surface area contributed by atoms with Crippen molar-refractivity contribution < 1.29 is 4.39 Å². The fourth-order valence-corrected chi connectivity index (χ4v) is 2.08. The van der Waals surface area contributed by atoms with Crippen molar-refractivity contribution in [3.05, 3.63) is 63.4 Å². The molecule has 18 heavy (non-hydrogen) atoms. The van der Waals surface area contributed by atoms with Crippen LogP contribution in [0.15, 0.2) is 40.9 Å². The van der Waals surface area contributed by atoms with E-state index in [1.807, 2.05) is 6.07 Å². The average molecular weight is 308 g/mol. The first-order valence-corrected chi connectivity index (χ1v) is 6.60. The Morgan fingerprint density at radius 2 is 1.78 bits per heavy atom. The molecule has 0 atom stereocenters. The molecule has 2 rings (SSSR count). The molecule has 2 aromatic rings. The van der Waals surface area contributed by atoms with Crippen molar-refractivity contribution in [1.29, 1.82) is 0 Å². The van der Waals surface area contributed by atoms with Gasteiger partial charge in [-0.2, -0.15) is 0 Å². The molecule has 0 radical (unpaired) electrons. The molecule has 94 valence electrons. The van der Waals surface area contributed by atoms with Crippen molar-refractivity contribution in [3.8, 4) is 0 Å². The van der Waals surface area contributed by atoms with Gasteiger partial charge in [-0.3, -0.25) is 0 Å². The van der Waals surface area contributed by atoms with Gasteiger partial charge in [-0.15, -0.1) is 0 Å². The molecule has 0 fully saturated rings. The summed E-state index contributed by atoms with van der Waals surface area (Å²) in [6.45, 7) is 4.49. The van der Waals surface area contributed by atoms with Crippen LogP contribution in [0.1, 0.15) is 16.7 Å². The van der Waals surface area contributed by atoms with Gasteiger partial charge in [0.15, 0.2) is 0 Å². The molecule has 0 aliphatic rings. The van der Waals surface area contributed by atoms with Gasteiger partial charge in [-0.05, 0) is 48.7 Å². The maximum atomic E-state index is 13.4. The zero-order valence-electron chi connectivity index (χ0n) is 10.4. The molecule has 3 heteroatoms. The number of hydrogen-bond acceptors (Lipinski definition) is 1. The Balaban J connectivity index is 2.06. The summed E-state index contributed by atoms with van der Waals surface area (Å²) < 4.78 is 14.5. The van der Waals surface area contributed by atoms with Crippen LogP contribution in [0.2, 0.25) is 0 Å². The molecule has 0 spiro atoms.